The van der Waals surface area contributed by atoms with Crippen LogP contribution in [0.4, 0.5) is 20.2 Å². The van der Waals surface area contributed by atoms with Crippen LogP contribution in [-0.4, -0.2) is 11.8 Å². The van der Waals surface area contributed by atoms with Crippen LogP contribution in [0, 0.1) is 11.6 Å². The molecule has 0 saturated carbocycles. The second kappa shape index (κ2) is 7.18. The van der Waals surface area contributed by atoms with Gasteiger partial charge >= 0.3 is 0 Å². The summed E-state index contributed by atoms with van der Waals surface area (Å²) in [6, 6.07) is 12.6. The molecule has 0 fully saturated rings. The molecular weight excluding hydrogens is 342 g/mol. The van der Waals surface area contributed by atoms with E-state index in [4.69, 9.17) is 4.42 Å². The number of benzene rings is 2. The van der Waals surface area contributed by atoms with Gasteiger partial charge in [-0.25, -0.2) is 8.78 Å². The first-order valence-corrected chi connectivity index (χ1v) is 7.67. The second-order valence-electron chi connectivity index (χ2n) is 5.47. The lowest BCUT2D eigenvalue weighted by atomic mass is 10.1. The monoisotopic (exact) mass is 356 g/mol. The van der Waals surface area contributed by atoms with Gasteiger partial charge in [-0.3, -0.25) is 9.59 Å². The lowest BCUT2D eigenvalue weighted by molar-refractivity contribution is -0.114. The Morgan fingerprint density at radius 1 is 0.923 bits per heavy atom. The fourth-order valence-electron chi connectivity index (χ4n) is 2.35. The van der Waals surface area contributed by atoms with Crippen molar-refractivity contribution < 1.29 is 22.8 Å². The highest BCUT2D eigenvalue weighted by Crippen LogP contribution is 2.26. The molecule has 0 saturated heterocycles. The molecular formula is C19H14F2N2O3. The number of rotatable bonds is 4. The average molecular weight is 356 g/mol. The lowest BCUT2D eigenvalue weighted by Crippen LogP contribution is -2.13. The van der Waals surface area contributed by atoms with Crippen LogP contribution in [0.1, 0.15) is 17.5 Å². The predicted molar refractivity (Wildman–Crippen MR) is 92.8 cm³/mol. The Labute approximate surface area is 147 Å². The van der Waals surface area contributed by atoms with Crippen molar-refractivity contribution in [3.63, 3.8) is 0 Å². The van der Waals surface area contributed by atoms with Gasteiger partial charge in [0.15, 0.2) is 5.76 Å². The van der Waals surface area contributed by atoms with Gasteiger partial charge in [-0.05, 0) is 42.5 Å². The number of halogens is 2. The SMILES string of the molecule is CC(=O)Nc1ccc(F)c(NC(=O)c2ccc(-c3ccccc3F)o2)c1. The normalized spacial score (nSPS) is 10.4. The van der Waals surface area contributed by atoms with Gasteiger partial charge in [0.2, 0.25) is 5.91 Å². The maximum atomic E-state index is 13.9. The molecule has 2 amide bonds. The van der Waals surface area contributed by atoms with Crippen LogP contribution in [0.15, 0.2) is 59.0 Å². The molecule has 26 heavy (non-hydrogen) atoms. The Morgan fingerprint density at radius 2 is 1.69 bits per heavy atom. The molecule has 132 valence electrons. The Morgan fingerprint density at radius 3 is 2.42 bits per heavy atom. The highest BCUT2D eigenvalue weighted by Gasteiger charge is 2.16. The molecule has 0 atom stereocenters. The summed E-state index contributed by atoms with van der Waals surface area (Å²) >= 11 is 0. The Kier molecular flexibility index (Phi) is 4.79. The second-order valence-corrected chi connectivity index (χ2v) is 5.47. The molecule has 5 nitrogen and oxygen atoms in total. The summed E-state index contributed by atoms with van der Waals surface area (Å²) in [4.78, 5) is 23.4. The fraction of sp³-hybridized carbons (Fsp3) is 0.0526. The van der Waals surface area contributed by atoms with E-state index in [2.05, 4.69) is 10.6 Å². The molecule has 2 N–H and O–H groups in total. The van der Waals surface area contributed by atoms with Gasteiger partial charge in [-0.2, -0.15) is 0 Å². The molecule has 0 spiro atoms. The van der Waals surface area contributed by atoms with Crippen LogP contribution in [-0.2, 0) is 4.79 Å². The zero-order chi connectivity index (χ0) is 18.7. The molecule has 0 aliphatic heterocycles. The summed E-state index contributed by atoms with van der Waals surface area (Å²) in [6.07, 6.45) is 0. The van der Waals surface area contributed by atoms with Crippen molar-refractivity contribution >= 4 is 23.2 Å². The van der Waals surface area contributed by atoms with E-state index in [9.17, 15) is 18.4 Å². The Balaban J connectivity index is 1.81. The Bertz CT molecular complexity index is 982. The zero-order valence-corrected chi connectivity index (χ0v) is 13.7. The molecule has 0 unspecified atom stereocenters. The fourth-order valence-corrected chi connectivity index (χ4v) is 2.35. The van der Waals surface area contributed by atoms with Gasteiger partial charge in [0.1, 0.15) is 17.4 Å². The quantitative estimate of drug-likeness (QED) is 0.726. The molecule has 2 aromatic carbocycles. The van der Waals surface area contributed by atoms with Crippen LogP contribution >= 0.6 is 0 Å². The third-order valence-corrected chi connectivity index (χ3v) is 3.50. The molecule has 0 aliphatic carbocycles. The maximum absolute atomic E-state index is 13.9. The van der Waals surface area contributed by atoms with Crippen molar-refractivity contribution in [3.05, 3.63) is 72.0 Å². The van der Waals surface area contributed by atoms with Crippen molar-refractivity contribution in [2.24, 2.45) is 0 Å². The smallest absolute Gasteiger partial charge is 0.291 e. The first kappa shape index (κ1) is 17.3. The third-order valence-electron chi connectivity index (χ3n) is 3.50. The molecule has 3 rings (SSSR count). The minimum absolute atomic E-state index is 0.104. The topological polar surface area (TPSA) is 71.3 Å². The van der Waals surface area contributed by atoms with Crippen molar-refractivity contribution in [1.29, 1.82) is 0 Å². The molecule has 0 bridgehead atoms. The van der Waals surface area contributed by atoms with E-state index in [-0.39, 0.29) is 28.7 Å². The summed E-state index contributed by atoms with van der Waals surface area (Å²) < 4.78 is 33.1. The minimum atomic E-state index is -0.702. The highest BCUT2D eigenvalue weighted by molar-refractivity contribution is 6.03. The molecule has 7 heteroatoms. The number of nitrogens with one attached hydrogen (secondary N) is 2. The van der Waals surface area contributed by atoms with E-state index in [0.717, 1.165) is 6.07 Å². The molecule has 1 aromatic heterocycles. The van der Waals surface area contributed by atoms with E-state index >= 15 is 0 Å². The summed E-state index contributed by atoms with van der Waals surface area (Å²) in [5.41, 5.74) is 0.427. The summed E-state index contributed by atoms with van der Waals surface area (Å²) in [6.45, 7) is 1.31. The van der Waals surface area contributed by atoms with E-state index in [0.29, 0.717) is 5.69 Å². The number of carbonyl (C=O) groups excluding carboxylic acids is 2. The van der Waals surface area contributed by atoms with Gasteiger partial charge < -0.3 is 15.1 Å². The van der Waals surface area contributed by atoms with Gasteiger partial charge in [-0.1, -0.05) is 12.1 Å². The average Bonchev–Trinajstić information content (AvgIpc) is 3.08. The van der Waals surface area contributed by atoms with E-state index in [1.54, 1.807) is 12.1 Å². The van der Waals surface area contributed by atoms with Crippen LogP contribution in [0.3, 0.4) is 0 Å². The first-order chi connectivity index (χ1) is 12.4. The molecule has 0 aliphatic rings. The zero-order valence-electron chi connectivity index (χ0n) is 13.7. The highest BCUT2D eigenvalue weighted by atomic mass is 19.1. The largest absolute Gasteiger partial charge is 0.451 e. The predicted octanol–water partition coefficient (Wildman–Crippen LogP) is 4.44. The van der Waals surface area contributed by atoms with Crippen molar-refractivity contribution in [2.75, 3.05) is 10.6 Å². The number of furan rings is 1. The molecule has 1 heterocycles. The van der Waals surface area contributed by atoms with Crippen LogP contribution in [0.5, 0.6) is 0 Å². The summed E-state index contributed by atoms with van der Waals surface area (Å²) in [5.74, 6) is -2.11. The van der Waals surface area contributed by atoms with Crippen LogP contribution in [0.2, 0.25) is 0 Å². The minimum Gasteiger partial charge on any atom is -0.451 e. The first-order valence-electron chi connectivity index (χ1n) is 7.67. The van der Waals surface area contributed by atoms with Gasteiger partial charge in [-0.15, -0.1) is 0 Å². The van der Waals surface area contributed by atoms with Gasteiger partial charge in [0.25, 0.3) is 5.91 Å². The molecule has 3 aromatic rings. The molecule has 0 radical (unpaired) electrons. The van der Waals surface area contributed by atoms with E-state index in [1.807, 2.05) is 0 Å². The number of hydrogen-bond donors (Lipinski definition) is 2. The van der Waals surface area contributed by atoms with E-state index < -0.39 is 17.5 Å². The number of amides is 2. The third kappa shape index (κ3) is 3.77. The van der Waals surface area contributed by atoms with Crippen molar-refractivity contribution in [1.82, 2.24) is 0 Å². The van der Waals surface area contributed by atoms with Crippen molar-refractivity contribution in [2.45, 2.75) is 6.92 Å². The standard InChI is InChI=1S/C19H14F2N2O3/c1-11(24)22-12-6-7-15(21)16(10-12)23-19(25)18-9-8-17(26-18)13-4-2-3-5-14(13)20/h2-10H,1H3,(H,22,24)(H,23,25). The van der Waals surface area contributed by atoms with Gasteiger partial charge in [0, 0.05) is 12.6 Å². The van der Waals surface area contributed by atoms with Crippen LogP contribution < -0.4 is 10.6 Å². The Hall–Kier alpha value is -3.48. The number of hydrogen-bond acceptors (Lipinski definition) is 3. The number of anilines is 2. The summed E-state index contributed by atoms with van der Waals surface area (Å²) in [5, 5.41) is 4.86. The van der Waals surface area contributed by atoms with E-state index in [1.165, 1.54) is 43.3 Å². The van der Waals surface area contributed by atoms with Crippen molar-refractivity contribution in [3.8, 4) is 11.3 Å². The van der Waals surface area contributed by atoms with Gasteiger partial charge in [0.05, 0.1) is 11.3 Å². The maximum Gasteiger partial charge on any atom is 0.291 e. The lowest BCUT2D eigenvalue weighted by Gasteiger charge is -2.08. The van der Waals surface area contributed by atoms with Crippen LogP contribution in [0.25, 0.3) is 11.3 Å². The summed E-state index contributed by atoms with van der Waals surface area (Å²) in [7, 11) is 0. The number of carbonyl (C=O) groups is 2.